The Morgan fingerprint density at radius 2 is 2.20 bits per heavy atom. The molecule has 4 bridgehead atoms. The van der Waals surface area contributed by atoms with Gasteiger partial charge in [-0.1, -0.05) is 6.07 Å². The van der Waals surface area contributed by atoms with Gasteiger partial charge in [0.15, 0.2) is 13.0 Å². The number of hydrogen-bond donors (Lipinski definition) is 1. The first kappa shape index (κ1) is 24.3. The summed E-state index contributed by atoms with van der Waals surface area (Å²) >= 11 is 0. The molecule has 4 saturated heterocycles. The number of nitrogens with zero attached hydrogens (tertiary/aromatic N) is 6. The van der Waals surface area contributed by atoms with Crippen molar-refractivity contribution in [1.29, 1.82) is 0 Å². The molecule has 1 aromatic heterocycles. The van der Waals surface area contributed by atoms with E-state index in [1.807, 2.05) is 6.07 Å². The maximum atomic E-state index is 14.3. The van der Waals surface area contributed by atoms with Crippen LogP contribution in [-0.2, 0) is 34.5 Å². The number of aliphatic imine (C=N–C) groups is 1. The maximum absolute atomic E-state index is 14.3. The Hall–Kier alpha value is -3.33. The fourth-order valence-electron chi connectivity index (χ4n) is 8.53. The van der Waals surface area contributed by atoms with E-state index >= 15 is 0 Å². The number of alkyl halides is 1. The molecule has 11 heteroatoms. The van der Waals surface area contributed by atoms with Crippen LogP contribution in [0.4, 0.5) is 15.9 Å². The average Bonchev–Trinajstić information content (AvgIpc) is 3.57. The molecule has 212 valence electrons. The number of rotatable bonds is 3. The summed E-state index contributed by atoms with van der Waals surface area (Å²) in [5.74, 6) is 0.990. The molecule has 1 unspecified atom stereocenters. The molecule has 2 spiro atoms. The third-order valence-corrected chi connectivity index (χ3v) is 10.6. The van der Waals surface area contributed by atoms with Crippen LogP contribution >= 0.6 is 0 Å². The van der Waals surface area contributed by atoms with Gasteiger partial charge in [-0.2, -0.15) is 9.97 Å². The van der Waals surface area contributed by atoms with Gasteiger partial charge in [-0.05, 0) is 48.6 Å². The summed E-state index contributed by atoms with van der Waals surface area (Å²) in [5.41, 5.74) is 10.6. The van der Waals surface area contributed by atoms with Gasteiger partial charge in [0.1, 0.15) is 34.7 Å². The molecule has 8 heterocycles. The minimum Gasteiger partial charge on any atom is -0.412 e. The van der Waals surface area contributed by atoms with E-state index in [0.717, 1.165) is 73.4 Å². The quantitative estimate of drug-likeness (QED) is 0.348. The Labute approximate surface area is 237 Å². The number of hydrogen-bond acceptors (Lipinski definition) is 9. The van der Waals surface area contributed by atoms with Gasteiger partial charge in [-0.15, -0.1) is 0 Å². The molecule has 41 heavy (non-hydrogen) atoms. The summed E-state index contributed by atoms with van der Waals surface area (Å²) in [6, 6.07) is 7.75. The third kappa shape index (κ3) is 3.29. The smallest absolute Gasteiger partial charge is 0.387 e. The number of nitrogens with two attached hydrogens (primary N) is 1. The number of anilines is 2. The summed E-state index contributed by atoms with van der Waals surface area (Å²) in [5, 5.41) is 0. The monoisotopic (exact) mass is 558 g/mol. The molecule has 1 aliphatic carbocycles. The topological polar surface area (TPSA) is 103 Å². The molecule has 0 amide bonds. The van der Waals surface area contributed by atoms with Crippen LogP contribution in [0.15, 0.2) is 17.1 Å². The highest BCUT2D eigenvalue weighted by Gasteiger charge is 2.69. The molecule has 5 atom stereocenters. The van der Waals surface area contributed by atoms with Crippen LogP contribution in [0, 0.1) is 12.0 Å². The highest BCUT2D eigenvalue weighted by molar-refractivity contribution is 5.67. The summed E-state index contributed by atoms with van der Waals surface area (Å²) in [7, 11) is 0. The first-order valence-electron chi connectivity index (χ1n) is 14.9. The van der Waals surface area contributed by atoms with Gasteiger partial charge in [0.25, 0.3) is 0 Å². The van der Waals surface area contributed by atoms with Crippen LogP contribution in [-0.4, -0.2) is 71.6 Å². The molecule has 2 aromatic rings. The Kier molecular flexibility index (Phi) is 4.96. The van der Waals surface area contributed by atoms with Crippen molar-refractivity contribution in [3.63, 3.8) is 0 Å². The number of aryl methyl sites for hydroxylation is 1. The van der Waals surface area contributed by atoms with E-state index in [9.17, 15) is 4.39 Å². The van der Waals surface area contributed by atoms with E-state index in [1.165, 1.54) is 12.0 Å². The lowest BCUT2D eigenvalue weighted by molar-refractivity contribution is -0.0856. The molecular weight excluding hydrogens is 525 g/mol. The van der Waals surface area contributed by atoms with Crippen LogP contribution < -0.4 is 15.4 Å². The van der Waals surface area contributed by atoms with Gasteiger partial charge < -0.3 is 19.9 Å². The highest BCUT2D eigenvalue weighted by Crippen LogP contribution is 2.52. The van der Waals surface area contributed by atoms with Crippen LogP contribution in [0.3, 0.4) is 0 Å². The SMILES string of the molecule is Nc1ccc2c3c1C#[N+][C@@]14COC[C@@H]1CN4c1nc(OC=NC45CCCN4C[C@H](F)C5)nc4c1CO[C@@]3(CCC2)C4. The van der Waals surface area contributed by atoms with Gasteiger partial charge in [0.05, 0.1) is 24.6 Å². The minimum atomic E-state index is -0.858. The number of nitrogen functional groups attached to an aromatic ring is 1. The predicted molar refractivity (Wildman–Crippen MR) is 149 cm³/mol. The second-order valence-corrected chi connectivity index (χ2v) is 12.7. The zero-order valence-corrected chi connectivity index (χ0v) is 22.9. The lowest BCUT2D eigenvalue weighted by Gasteiger charge is -2.45. The first-order chi connectivity index (χ1) is 20.0. The van der Waals surface area contributed by atoms with E-state index in [4.69, 9.17) is 39.7 Å². The molecule has 2 N–H and O–H groups in total. The lowest BCUT2D eigenvalue weighted by atomic mass is 9.72. The molecule has 1 aromatic carbocycles. The molecule has 0 radical (unpaired) electrons. The fourth-order valence-corrected chi connectivity index (χ4v) is 8.53. The van der Waals surface area contributed by atoms with Crippen molar-refractivity contribution in [2.24, 2.45) is 10.9 Å². The van der Waals surface area contributed by atoms with Gasteiger partial charge in [-0.25, -0.2) is 9.38 Å². The van der Waals surface area contributed by atoms with Gasteiger partial charge in [0, 0.05) is 43.6 Å². The third-order valence-electron chi connectivity index (χ3n) is 10.6. The maximum Gasteiger partial charge on any atom is 0.387 e. The minimum absolute atomic E-state index is 0.226. The zero-order chi connectivity index (χ0) is 27.4. The van der Waals surface area contributed by atoms with E-state index < -0.39 is 23.1 Å². The van der Waals surface area contributed by atoms with E-state index in [1.54, 1.807) is 0 Å². The average molecular weight is 559 g/mol. The van der Waals surface area contributed by atoms with E-state index in [-0.39, 0.29) is 11.9 Å². The van der Waals surface area contributed by atoms with Gasteiger partial charge in [0.2, 0.25) is 0 Å². The van der Waals surface area contributed by atoms with Crippen molar-refractivity contribution in [3.05, 3.63) is 44.9 Å². The van der Waals surface area contributed by atoms with Gasteiger partial charge in [-0.3, -0.25) is 9.80 Å². The van der Waals surface area contributed by atoms with Crippen molar-refractivity contribution in [1.82, 2.24) is 14.9 Å². The predicted octanol–water partition coefficient (Wildman–Crippen LogP) is 3.16. The summed E-state index contributed by atoms with van der Waals surface area (Å²) in [6.07, 6.45) is 6.24. The Bertz CT molecular complexity index is 1570. The Morgan fingerprint density at radius 3 is 3.12 bits per heavy atom. The normalized spacial score (nSPS) is 36.1. The standard InChI is InChI=1S/C30H32FN7O3/c31-20-9-29(7-2-8-37(29)13-20)34-17-40-27-35-24-10-28-6-1-3-18-4-5-23(32)21(25(18)28)11-33-30-16-39-14-19(30)12-38(30)26(36-27)22(24)15-41-28/h4-5,17,19-20,32H,1-3,6-10,12-16H2/p+1/t19-,20+,28-,29?,30+/m0/s1. The summed E-state index contributed by atoms with van der Waals surface area (Å²) in [4.78, 5) is 24.1. The molecule has 0 saturated carbocycles. The molecule has 10 nitrogen and oxygen atoms in total. The largest absolute Gasteiger partial charge is 0.412 e. The van der Waals surface area contributed by atoms with Crippen molar-refractivity contribution in [2.75, 3.05) is 43.5 Å². The van der Waals surface area contributed by atoms with Crippen molar-refractivity contribution < 1.29 is 18.6 Å². The number of benzene rings is 1. The zero-order valence-electron chi connectivity index (χ0n) is 22.9. The number of halogens is 1. The van der Waals surface area contributed by atoms with Crippen LogP contribution in [0.1, 0.15) is 60.1 Å². The Balaban J connectivity index is 1.18. The fraction of sp³-hybridized carbons (Fsp3) is 0.600. The first-order valence-corrected chi connectivity index (χ1v) is 14.9. The molecule has 8 aliphatic rings. The second-order valence-electron chi connectivity index (χ2n) is 12.7. The van der Waals surface area contributed by atoms with Gasteiger partial charge >= 0.3 is 17.7 Å². The number of aromatic nitrogens is 2. The summed E-state index contributed by atoms with van der Waals surface area (Å²) < 4.78 is 33.1. The van der Waals surface area contributed by atoms with Crippen molar-refractivity contribution in [3.8, 4) is 12.1 Å². The van der Waals surface area contributed by atoms with Crippen LogP contribution in [0.2, 0.25) is 0 Å². The molecule has 7 aliphatic heterocycles. The summed E-state index contributed by atoms with van der Waals surface area (Å²) in [6.45, 7) is 3.54. The second kappa shape index (κ2) is 8.37. The number of ether oxygens (including phenoxy) is 3. The lowest BCUT2D eigenvalue weighted by Crippen LogP contribution is -2.66. The number of fused-ring (bicyclic) bond motifs is 2. The van der Waals surface area contributed by atoms with E-state index in [2.05, 4.69) is 21.9 Å². The van der Waals surface area contributed by atoms with E-state index in [0.29, 0.717) is 44.9 Å². The highest BCUT2D eigenvalue weighted by atomic mass is 19.1. The molecule has 4 fully saturated rings. The van der Waals surface area contributed by atoms with Crippen molar-refractivity contribution >= 4 is 17.9 Å². The van der Waals surface area contributed by atoms with Crippen molar-refractivity contribution in [2.45, 2.75) is 74.7 Å². The molecular formula is C30H33FN7O3+. The Morgan fingerprint density at radius 1 is 1.24 bits per heavy atom. The van der Waals surface area contributed by atoms with Crippen LogP contribution in [0.5, 0.6) is 6.01 Å². The molecule has 10 rings (SSSR count). The van der Waals surface area contributed by atoms with Crippen LogP contribution in [0.25, 0.3) is 4.85 Å².